The molecule has 2 aromatic rings. The van der Waals surface area contributed by atoms with Crippen molar-refractivity contribution in [1.29, 1.82) is 0 Å². The molecule has 0 aliphatic rings. The predicted molar refractivity (Wildman–Crippen MR) is 110 cm³/mol. The number of carbonyl (C=O) groups excluding carboxylic acids is 1. The summed E-state index contributed by atoms with van der Waals surface area (Å²) in [5.41, 5.74) is 1.19. The Bertz CT molecular complexity index is 975. The minimum atomic E-state index is -3.93. The van der Waals surface area contributed by atoms with Gasteiger partial charge in [-0.1, -0.05) is 13.0 Å². The molecule has 0 atom stereocenters. The van der Waals surface area contributed by atoms with Gasteiger partial charge in [0.05, 0.1) is 33.6 Å². The zero-order valence-corrected chi connectivity index (χ0v) is 18.0. The lowest BCUT2D eigenvalue weighted by molar-refractivity contribution is -0.116. The fourth-order valence-electron chi connectivity index (χ4n) is 2.74. The number of methoxy groups -OCH3 is 3. The van der Waals surface area contributed by atoms with Gasteiger partial charge in [-0.25, -0.2) is 8.42 Å². The van der Waals surface area contributed by atoms with E-state index in [0.717, 1.165) is 9.87 Å². The standard InChI is InChI=1S/C20H26N2O6S/c1-6-22(29(24,25)19-11-14(2)7-10-17(19)27-4)13-20(23)21-16-9-8-15(26-3)12-18(16)28-5/h7-12H,6,13H2,1-5H3,(H,21,23). The summed E-state index contributed by atoms with van der Waals surface area (Å²) in [5, 5.41) is 2.68. The van der Waals surface area contributed by atoms with Crippen molar-refractivity contribution in [2.75, 3.05) is 39.7 Å². The Labute approximate surface area is 171 Å². The molecule has 1 amide bonds. The molecule has 0 saturated carbocycles. The number of ether oxygens (including phenoxy) is 3. The molecule has 0 aromatic heterocycles. The molecule has 2 aromatic carbocycles. The van der Waals surface area contributed by atoms with Gasteiger partial charge in [-0.15, -0.1) is 0 Å². The van der Waals surface area contributed by atoms with Crippen LogP contribution in [-0.4, -0.2) is 53.0 Å². The number of nitrogens with zero attached hydrogens (tertiary/aromatic N) is 1. The Morgan fingerprint density at radius 2 is 1.69 bits per heavy atom. The Kier molecular flexibility index (Phi) is 7.46. The van der Waals surface area contributed by atoms with Gasteiger partial charge in [0.25, 0.3) is 0 Å². The molecule has 0 saturated heterocycles. The molecule has 9 heteroatoms. The molecule has 158 valence electrons. The first kappa shape index (κ1) is 22.5. The van der Waals surface area contributed by atoms with E-state index in [9.17, 15) is 13.2 Å². The Morgan fingerprint density at radius 3 is 2.28 bits per heavy atom. The first-order valence-corrected chi connectivity index (χ1v) is 10.4. The SMILES string of the molecule is CCN(CC(=O)Nc1ccc(OC)cc1OC)S(=O)(=O)c1cc(C)ccc1OC. The van der Waals surface area contributed by atoms with Crippen molar-refractivity contribution in [1.82, 2.24) is 4.31 Å². The largest absolute Gasteiger partial charge is 0.497 e. The van der Waals surface area contributed by atoms with E-state index in [0.29, 0.717) is 17.2 Å². The molecule has 0 aliphatic carbocycles. The van der Waals surface area contributed by atoms with Crippen molar-refractivity contribution in [3.8, 4) is 17.2 Å². The maximum absolute atomic E-state index is 13.1. The van der Waals surface area contributed by atoms with Crippen LogP contribution in [0.5, 0.6) is 17.2 Å². The van der Waals surface area contributed by atoms with Gasteiger partial charge < -0.3 is 19.5 Å². The Balaban J connectivity index is 2.25. The lowest BCUT2D eigenvalue weighted by atomic mass is 10.2. The normalized spacial score (nSPS) is 11.2. The Morgan fingerprint density at radius 1 is 1.00 bits per heavy atom. The molecule has 0 bridgehead atoms. The molecule has 0 spiro atoms. The quantitative estimate of drug-likeness (QED) is 0.668. The van der Waals surface area contributed by atoms with Crippen LogP contribution in [0.25, 0.3) is 0 Å². The van der Waals surface area contributed by atoms with E-state index < -0.39 is 15.9 Å². The molecule has 2 rings (SSSR count). The maximum Gasteiger partial charge on any atom is 0.247 e. The third kappa shape index (κ3) is 5.18. The van der Waals surface area contributed by atoms with Crippen molar-refractivity contribution in [2.24, 2.45) is 0 Å². The molecular formula is C20H26N2O6S. The maximum atomic E-state index is 13.1. The van der Waals surface area contributed by atoms with Gasteiger partial charge in [0.1, 0.15) is 22.1 Å². The lowest BCUT2D eigenvalue weighted by Gasteiger charge is -2.22. The van der Waals surface area contributed by atoms with Crippen molar-refractivity contribution in [3.63, 3.8) is 0 Å². The van der Waals surface area contributed by atoms with Crippen LogP contribution in [-0.2, 0) is 14.8 Å². The molecule has 0 heterocycles. The molecule has 0 aliphatic heterocycles. The van der Waals surface area contributed by atoms with Gasteiger partial charge in [-0.3, -0.25) is 4.79 Å². The number of nitrogens with one attached hydrogen (secondary N) is 1. The van der Waals surface area contributed by atoms with Crippen LogP contribution < -0.4 is 19.5 Å². The molecule has 29 heavy (non-hydrogen) atoms. The number of hydrogen-bond donors (Lipinski definition) is 1. The number of hydrogen-bond acceptors (Lipinski definition) is 6. The minimum absolute atomic E-state index is 0.0247. The number of aryl methyl sites for hydroxylation is 1. The summed E-state index contributed by atoms with van der Waals surface area (Å²) in [6, 6.07) is 9.81. The minimum Gasteiger partial charge on any atom is -0.497 e. The second-order valence-corrected chi connectivity index (χ2v) is 8.11. The summed E-state index contributed by atoms with van der Waals surface area (Å²) in [6.07, 6.45) is 0. The first-order valence-electron chi connectivity index (χ1n) is 8.93. The zero-order chi connectivity index (χ0) is 21.6. The number of likely N-dealkylation sites (N-methyl/N-ethyl adjacent to an activating group) is 1. The number of rotatable bonds is 9. The molecule has 0 unspecified atom stereocenters. The van der Waals surface area contributed by atoms with Crippen molar-refractivity contribution >= 4 is 21.6 Å². The molecule has 8 nitrogen and oxygen atoms in total. The highest BCUT2D eigenvalue weighted by Gasteiger charge is 2.28. The number of amides is 1. The summed E-state index contributed by atoms with van der Waals surface area (Å²) in [4.78, 5) is 12.6. The van der Waals surface area contributed by atoms with Gasteiger partial charge in [0, 0.05) is 12.6 Å². The van der Waals surface area contributed by atoms with Crippen LogP contribution >= 0.6 is 0 Å². The van der Waals surface area contributed by atoms with Crippen molar-refractivity contribution < 1.29 is 27.4 Å². The number of benzene rings is 2. The molecular weight excluding hydrogens is 396 g/mol. The van der Waals surface area contributed by atoms with Gasteiger partial charge in [0.15, 0.2) is 0 Å². The highest BCUT2D eigenvalue weighted by molar-refractivity contribution is 7.89. The predicted octanol–water partition coefficient (Wildman–Crippen LogP) is 2.67. The van der Waals surface area contributed by atoms with E-state index in [2.05, 4.69) is 5.32 Å². The van der Waals surface area contributed by atoms with Crippen molar-refractivity contribution in [2.45, 2.75) is 18.7 Å². The van der Waals surface area contributed by atoms with Crippen LogP contribution in [0, 0.1) is 6.92 Å². The van der Waals surface area contributed by atoms with Crippen molar-refractivity contribution in [3.05, 3.63) is 42.0 Å². The average Bonchev–Trinajstić information content (AvgIpc) is 2.72. The number of anilines is 1. The molecule has 0 radical (unpaired) electrons. The summed E-state index contributed by atoms with van der Waals surface area (Å²) >= 11 is 0. The van der Waals surface area contributed by atoms with E-state index in [1.54, 1.807) is 44.2 Å². The number of sulfonamides is 1. The third-order valence-electron chi connectivity index (χ3n) is 4.29. The van der Waals surface area contributed by atoms with Crippen LogP contribution in [0.1, 0.15) is 12.5 Å². The summed E-state index contributed by atoms with van der Waals surface area (Å²) in [7, 11) is 0.465. The number of carbonyl (C=O) groups is 1. The van der Waals surface area contributed by atoms with E-state index in [1.807, 2.05) is 0 Å². The van der Waals surface area contributed by atoms with Crippen LogP contribution in [0.15, 0.2) is 41.3 Å². The monoisotopic (exact) mass is 422 g/mol. The van der Waals surface area contributed by atoms with Gasteiger partial charge in [-0.05, 0) is 36.8 Å². The van der Waals surface area contributed by atoms with Gasteiger partial charge in [0.2, 0.25) is 15.9 Å². The topological polar surface area (TPSA) is 94.2 Å². The molecule has 0 fully saturated rings. The Hall–Kier alpha value is -2.78. The third-order valence-corrected chi connectivity index (χ3v) is 6.23. The van der Waals surface area contributed by atoms with E-state index in [-0.39, 0.29) is 23.7 Å². The van der Waals surface area contributed by atoms with Gasteiger partial charge in [-0.2, -0.15) is 4.31 Å². The van der Waals surface area contributed by atoms with Gasteiger partial charge >= 0.3 is 0 Å². The molecule has 1 N–H and O–H groups in total. The van der Waals surface area contributed by atoms with Crippen LogP contribution in [0.4, 0.5) is 5.69 Å². The summed E-state index contributed by atoms with van der Waals surface area (Å²) in [5.74, 6) is 0.713. The smallest absolute Gasteiger partial charge is 0.247 e. The van der Waals surface area contributed by atoms with E-state index in [4.69, 9.17) is 14.2 Å². The van der Waals surface area contributed by atoms with Crippen LogP contribution in [0.2, 0.25) is 0 Å². The first-order chi connectivity index (χ1) is 13.8. The summed E-state index contributed by atoms with van der Waals surface area (Å²) in [6.45, 7) is 3.22. The zero-order valence-electron chi connectivity index (χ0n) is 17.2. The second-order valence-electron chi connectivity index (χ2n) is 6.20. The fourth-order valence-corrected chi connectivity index (χ4v) is 4.39. The average molecular weight is 423 g/mol. The second kappa shape index (κ2) is 9.62. The van der Waals surface area contributed by atoms with E-state index >= 15 is 0 Å². The fraction of sp³-hybridized carbons (Fsp3) is 0.350. The summed E-state index contributed by atoms with van der Waals surface area (Å²) < 4.78 is 42.9. The lowest BCUT2D eigenvalue weighted by Crippen LogP contribution is -2.38. The van der Waals surface area contributed by atoms with E-state index in [1.165, 1.54) is 27.4 Å². The van der Waals surface area contributed by atoms with Crippen LogP contribution in [0.3, 0.4) is 0 Å². The highest BCUT2D eigenvalue weighted by Crippen LogP contribution is 2.30. The highest BCUT2D eigenvalue weighted by atomic mass is 32.2.